The highest BCUT2D eigenvalue weighted by Crippen LogP contribution is 2.21. The quantitative estimate of drug-likeness (QED) is 0.768. The van der Waals surface area contributed by atoms with Crippen LogP contribution < -0.4 is 5.32 Å². The van der Waals surface area contributed by atoms with Crippen LogP contribution in [0.2, 0.25) is 0 Å². The maximum atomic E-state index is 4.60. The molecule has 7 nitrogen and oxygen atoms in total. The van der Waals surface area contributed by atoms with Gasteiger partial charge in [0.05, 0.1) is 12.2 Å². The Labute approximate surface area is 147 Å². The first kappa shape index (κ1) is 16.0. The fourth-order valence-electron chi connectivity index (χ4n) is 3.34. The molecule has 1 unspecified atom stereocenters. The van der Waals surface area contributed by atoms with E-state index in [2.05, 4.69) is 43.3 Å². The molecule has 3 aromatic rings. The zero-order valence-electron chi connectivity index (χ0n) is 14.7. The fourth-order valence-corrected chi connectivity index (χ4v) is 3.34. The van der Waals surface area contributed by atoms with Crippen molar-refractivity contribution in [1.29, 1.82) is 0 Å². The number of aryl methyl sites for hydroxylation is 3. The lowest BCUT2D eigenvalue weighted by atomic mass is 10.1. The van der Waals surface area contributed by atoms with Gasteiger partial charge in [-0.25, -0.2) is 9.67 Å². The van der Waals surface area contributed by atoms with Crippen LogP contribution in [0.25, 0.3) is 11.3 Å². The first-order chi connectivity index (χ1) is 12.2. The Morgan fingerprint density at radius 3 is 3.04 bits per heavy atom. The summed E-state index contributed by atoms with van der Waals surface area (Å²) in [6.07, 6.45) is 8.68. The van der Waals surface area contributed by atoms with Gasteiger partial charge in [0.25, 0.3) is 0 Å². The SMILES string of the molecule is CCc1nc2n(n1)CC(NCc1cn(C)nc1-c1cccnc1)CC2. The van der Waals surface area contributed by atoms with Gasteiger partial charge in [-0.15, -0.1) is 0 Å². The van der Waals surface area contributed by atoms with Crippen molar-refractivity contribution in [3.05, 3.63) is 47.9 Å². The van der Waals surface area contributed by atoms with Crippen molar-refractivity contribution < 1.29 is 0 Å². The second-order valence-corrected chi connectivity index (χ2v) is 6.51. The smallest absolute Gasteiger partial charge is 0.150 e. The van der Waals surface area contributed by atoms with E-state index in [0.29, 0.717) is 6.04 Å². The Hall–Kier alpha value is -2.54. The van der Waals surface area contributed by atoms with Crippen LogP contribution >= 0.6 is 0 Å². The third-order valence-electron chi connectivity index (χ3n) is 4.64. The summed E-state index contributed by atoms with van der Waals surface area (Å²) in [6, 6.07) is 4.40. The Morgan fingerprint density at radius 2 is 2.24 bits per heavy atom. The van der Waals surface area contributed by atoms with E-state index in [0.717, 1.165) is 55.3 Å². The molecule has 0 saturated carbocycles. The molecule has 0 aromatic carbocycles. The number of fused-ring (bicyclic) bond motifs is 1. The summed E-state index contributed by atoms with van der Waals surface area (Å²) in [7, 11) is 1.96. The number of hydrogen-bond acceptors (Lipinski definition) is 5. The number of nitrogens with zero attached hydrogens (tertiary/aromatic N) is 6. The Bertz CT molecular complexity index is 850. The number of aromatic nitrogens is 6. The van der Waals surface area contributed by atoms with Gasteiger partial charge in [-0.05, 0) is 18.6 Å². The normalized spacial score (nSPS) is 16.8. The van der Waals surface area contributed by atoms with Crippen molar-refractivity contribution >= 4 is 0 Å². The minimum Gasteiger partial charge on any atom is -0.308 e. The molecule has 0 fully saturated rings. The third kappa shape index (κ3) is 3.32. The van der Waals surface area contributed by atoms with Crippen molar-refractivity contribution in [3.8, 4) is 11.3 Å². The molecule has 0 saturated heterocycles. The predicted molar refractivity (Wildman–Crippen MR) is 94.8 cm³/mol. The van der Waals surface area contributed by atoms with Gasteiger partial charge >= 0.3 is 0 Å². The van der Waals surface area contributed by atoms with Gasteiger partial charge in [0, 0.05) is 62.2 Å². The van der Waals surface area contributed by atoms with Crippen molar-refractivity contribution in [2.24, 2.45) is 7.05 Å². The molecule has 1 N–H and O–H groups in total. The fraction of sp³-hybridized carbons (Fsp3) is 0.444. The van der Waals surface area contributed by atoms with E-state index >= 15 is 0 Å². The molecule has 1 aliphatic heterocycles. The molecule has 4 heterocycles. The highest BCUT2D eigenvalue weighted by molar-refractivity contribution is 5.61. The Balaban J connectivity index is 1.46. The van der Waals surface area contributed by atoms with Gasteiger partial charge in [0.15, 0.2) is 5.82 Å². The molecule has 0 radical (unpaired) electrons. The summed E-state index contributed by atoms with van der Waals surface area (Å²) in [5.41, 5.74) is 3.23. The summed E-state index contributed by atoms with van der Waals surface area (Å²) in [5.74, 6) is 2.06. The van der Waals surface area contributed by atoms with Crippen LogP contribution in [0.15, 0.2) is 30.7 Å². The maximum absolute atomic E-state index is 4.60. The second kappa shape index (κ2) is 6.76. The van der Waals surface area contributed by atoms with Crippen LogP contribution in [0.3, 0.4) is 0 Å². The van der Waals surface area contributed by atoms with E-state index in [1.807, 2.05) is 30.1 Å². The van der Waals surface area contributed by atoms with E-state index in [9.17, 15) is 0 Å². The zero-order chi connectivity index (χ0) is 17.2. The number of pyridine rings is 1. The number of hydrogen-bond donors (Lipinski definition) is 1. The summed E-state index contributed by atoms with van der Waals surface area (Å²) >= 11 is 0. The molecule has 0 aliphatic carbocycles. The molecule has 0 spiro atoms. The van der Waals surface area contributed by atoms with Crippen molar-refractivity contribution in [2.45, 2.75) is 45.3 Å². The lowest BCUT2D eigenvalue weighted by molar-refractivity contribution is 0.357. The van der Waals surface area contributed by atoms with Crippen molar-refractivity contribution in [2.75, 3.05) is 0 Å². The summed E-state index contributed by atoms with van der Waals surface area (Å²) in [4.78, 5) is 8.79. The molecule has 3 aromatic heterocycles. The zero-order valence-corrected chi connectivity index (χ0v) is 14.7. The second-order valence-electron chi connectivity index (χ2n) is 6.51. The Kier molecular flexibility index (Phi) is 4.31. The van der Waals surface area contributed by atoms with E-state index in [1.54, 1.807) is 6.20 Å². The van der Waals surface area contributed by atoms with E-state index in [1.165, 1.54) is 5.56 Å². The topological polar surface area (TPSA) is 73.5 Å². The van der Waals surface area contributed by atoms with Crippen molar-refractivity contribution in [3.63, 3.8) is 0 Å². The lowest BCUT2D eigenvalue weighted by Gasteiger charge is -2.23. The average Bonchev–Trinajstić information content (AvgIpc) is 3.23. The van der Waals surface area contributed by atoms with E-state index < -0.39 is 0 Å². The molecule has 7 heteroatoms. The summed E-state index contributed by atoms with van der Waals surface area (Å²) in [5, 5.41) is 12.9. The first-order valence-electron chi connectivity index (χ1n) is 8.82. The summed E-state index contributed by atoms with van der Waals surface area (Å²) in [6.45, 7) is 3.76. The monoisotopic (exact) mass is 337 g/mol. The van der Waals surface area contributed by atoms with Crippen LogP contribution in [-0.2, 0) is 33.0 Å². The maximum Gasteiger partial charge on any atom is 0.150 e. The minimum absolute atomic E-state index is 0.404. The van der Waals surface area contributed by atoms with Gasteiger partial charge in [0.1, 0.15) is 5.82 Å². The first-order valence-corrected chi connectivity index (χ1v) is 8.82. The van der Waals surface area contributed by atoms with Crippen LogP contribution in [0.4, 0.5) is 0 Å². The third-order valence-corrected chi connectivity index (χ3v) is 4.64. The standard InChI is InChI=1S/C18H23N7/c1-3-16-21-17-7-6-15(12-25(17)22-16)20-10-14-11-24(2)23-18(14)13-5-4-8-19-9-13/h4-5,8-9,11,15,20H,3,6-7,10,12H2,1-2H3. The molecular formula is C18H23N7. The van der Waals surface area contributed by atoms with E-state index in [-0.39, 0.29) is 0 Å². The van der Waals surface area contributed by atoms with E-state index in [4.69, 9.17) is 0 Å². The van der Waals surface area contributed by atoms with Gasteiger partial charge in [-0.2, -0.15) is 10.2 Å². The summed E-state index contributed by atoms with van der Waals surface area (Å²) < 4.78 is 3.93. The highest BCUT2D eigenvalue weighted by atomic mass is 15.4. The van der Waals surface area contributed by atoms with Crippen molar-refractivity contribution in [1.82, 2.24) is 34.8 Å². The molecule has 4 rings (SSSR count). The van der Waals surface area contributed by atoms with Gasteiger partial charge in [-0.1, -0.05) is 6.92 Å². The van der Waals surface area contributed by atoms with Crippen LogP contribution in [-0.4, -0.2) is 35.6 Å². The molecule has 0 bridgehead atoms. The van der Waals surface area contributed by atoms with Crippen LogP contribution in [0.1, 0.15) is 30.6 Å². The lowest BCUT2D eigenvalue weighted by Crippen LogP contribution is -2.37. The Morgan fingerprint density at radius 1 is 1.32 bits per heavy atom. The number of nitrogens with one attached hydrogen (secondary N) is 1. The van der Waals surface area contributed by atoms with Crippen LogP contribution in [0.5, 0.6) is 0 Å². The molecule has 130 valence electrons. The molecule has 0 amide bonds. The minimum atomic E-state index is 0.404. The molecular weight excluding hydrogens is 314 g/mol. The van der Waals surface area contributed by atoms with Gasteiger partial charge in [0.2, 0.25) is 0 Å². The predicted octanol–water partition coefficient (Wildman–Crippen LogP) is 1.74. The number of rotatable bonds is 5. The molecule has 1 atom stereocenters. The van der Waals surface area contributed by atoms with Gasteiger partial charge < -0.3 is 5.32 Å². The highest BCUT2D eigenvalue weighted by Gasteiger charge is 2.21. The van der Waals surface area contributed by atoms with Crippen LogP contribution in [0, 0.1) is 0 Å². The molecule has 25 heavy (non-hydrogen) atoms. The molecule has 1 aliphatic rings. The average molecular weight is 337 g/mol. The van der Waals surface area contributed by atoms with Gasteiger partial charge in [-0.3, -0.25) is 9.67 Å². The largest absolute Gasteiger partial charge is 0.308 e.